The van der Waals surface area contributed by atoms with Crippen LogP contribution < -0.4 is 0 Å². The van der Waals surface area contributed by atoms with Gasteiger partial charge in [-0.1, -0.05) is 41.0 Å². The smallest absolute Gasteiger partial charge is 0.260 e. The molecule has 0 N–H and O–H groups in total. The molecule has 0 radical (unpaired) electrons. The summed E-state index contributed by atoms with van der Waals surface area (Å²) in [6.45, 7) is 2.63. The zero-order chi connectivity index (χ0) is 19.5. The van der Waals surface area contributed by atoms with Gasteiger partial charge in [-0.15, -0.1) is 11.3 Å². The van der Waals surface area contributed by atoms with Crippen molar-refractivity contribution in [1.29, 1.82) is 0 Å². The highest BCUT2D eigenvalue weighted by atomic mass is 35.5. The maximum Gasteiger partial charge on any atom is 0.260 e. The van der Waals surface area contributed by atoms with E-state index in [1.54, 1.807) is 41.8 Å². The van der Waals surface area contributed by atoms with Gasteiger partial charge in [0.2, 0.25) is 0 Å². The molecule has 28 heavy (non-hydrogen) atoms. The first-order chi connectivity index (χ1) is 13.6. The zero-order valence-electron chi connectivity index (χ0n) is 15.1. The molecular weight excluding hydrogens is 396 g/mol. The summed E-state index contributed by atoms with van der Waals surface area (Å²) in [5.41, 5.74) is 2.46. The second-order valence-electron chi connectivity index (χ2n) is 6.31. The summed E-state index contributed by atoms with van der Waals surface area (Å²) in [4.78, 5) is 16.4. The fourth-order valence-corrected chi connectivity index (χ4v) is 3.96. The third kappa shape index (κ3) is 3.74. The van der Waals surface area contributed by atoms with E-state index in [-0.39, 0.29) is 5.91 Å². The van der Waals surface area contributed by atoms with Crippen molar-refractivity contribution < 1.29 is 13.7 Å². The lowest BCUT2D eigenvalue weighted by atomic mass is 10.0. The van der Waals surface area contributed by atoms with E-state index in [4.69, 9.17) is 20.5 Å². The van der Waals surface area contributed by atoms with E-state index < -0.39 is 0 Å². The van der Waals surface area contributed by atoms with Crippen molar-refractivity contribution in [2.24, 2.45) is 0 Å². The predicted octanol–water partition coefficient (Wildman–Crippen LogP) is 5.80. The Morgan fingerprint density at radius 1 is 1.18 bits per heavy atom. The van der Waals surface area contributed by atoms with Gasteiger partial charge >= 0.3 is 0 Å². The molecule has 0 atom stereocenters. The van der Waals surface area contributed by atoms with E-state index in [1.165, 1.54) is 0 Å². The average Bonchev–Trinajstić information content (AvgIpc) is 3.44. The zero-order valence-corrected chi connectivity index (χ0v) is 16.7. The molecule has 0 aliphatic carbocycles. The van der Waals surface area contributed by atoms with Crippen LogP contribution in [0.2, 0.25) is 5.02 Å². The normalized spacial score (nSPS) is 10.9. The summed E-state index contributed by atoms with van der Waals surface area (Å²) in [6.07, 6.45) is 3.24. The average molecular weight is 413 g/mol. The lowest BCUT2D eigenvalue weighted by Gasteiger charge is -2.21. The number of furan rings is 1. The molecule has 0 aliphatic heterocycles. The Morgan fingerprint density at radius 2 is 2.04 bits per heavy atom. The van der Waals surface area contributed by atoms with Gasteiger partial charge in [-0.2, -0.15) is 0 Å². The van der Waals surface area contributed by atoms with Crippen LogP contribution in [0.4, 0.5) is 0 Å². The fraction of sp³-hybridized carbons (Fsp3) is 0.143. The van der Waals surface area contributed by atoms with Gasteiger partial charge in [-0.05, 0) is 30.5 Å². The van der Waals surface area contributed by atoms with Crippen LogP contribution in [0, 0.1) is 6.92 Å². The third-order valence-electron chi connectivity index (χ3n) is 4.37. The lowest BCUT2D eigenvalue weighted by Crippen LogP contribution is -2.30. The standard InChI is InChI=1S/C21H17ClN2O3S/c1-14-19(20(23-27-14)17-6-2-3-7-18(17)22)21(25)24(11-15-8-9-26-13-15)12-16-5-4-10-28-16/h2-10,13H,11-12H2,1H3. The second-order valence-corrected chi connectivity index (χ2v) is 7.75. The van der Waals surface area contributed by atoms with E-state index in [0.29, 0.717) is 40.7 Å². The molecule has 7 heteroatoms. The van der Waals surface area contributed by atoms with Crippen LogP contribution in [0.15, 0.2) is 69.3 Å². The minimum absolute atomic E-state index is 0.164. The van der Waals surface area contributed by atoms with Gasteiger partial charge in [-0.3, -0.25) is 4.79 Å². The van der Waals surface area contributed by atoms with Gasteiger partial charge in [0.05, 0.1) is 24.1 Å². The minimum Gasteiger partial charge on any atom is -0.472 e. The Bertz CT molecular complexity index is 1030. The van der Waals surface area contributed by atoms with Crippen LogP contribution in [0.5, 0.6) is 0 Å². The molecule has 1 aromatic carbocycles. The van der Waals surface area contributed by atoms with Crippen LogP contribution in [0.25, 0.3) is 11.3 Å². The number of benzene rings is 1. The van der Waals surface area contributed by atoms with Crippen molar-refractivity contribution in [3.8, 4) is 11.3 Å². The van der Waals surface area contributed by atoms with Crippen molar-refractivity contribution >= 4 is 28.8 Å². The number of hydrogen-bond acceptors (Lipinski definition) is 5. The highest BCUT2D eigenvalue weighted by Gasteiger charge is 2.27. The molecule has 5 nitrogen and oxygen atoms in total. The number of carbonyl (C=O) groups is 1. The van der Waals surface area contributed by atoms with Gasteiger partial charge < -0.3 is 13.8 Å². The number of rotatable bonds is 6. The van der Waals surface area contributed by atoms with Crippen molar-refractivity contribution in [1.82, 2.24) is 10.1 Å². The number of carbonyl (C=O) groups excluding carboxylic acids is 1. The number of amides is 1. The van der Waals surface area contributed by atoms with Gasteiger partial charge in [0, 0.05) is 22.5 Å². The lowest BCUT2D eigenvalue weighted by molar-refractivity contribution is 0.0730. The third-order valence-corrected chi connectivity index (χ3v) is 5.56. The summed E-state index contributed by atoms with van der Waals surface area (Å²) in [6, 6.07) is 13.1. The van der Waals surface area contributed by atoms with Crippen LogP contribution in [0.1, 0.15) is 26.6 Å². The molecule has 0 saturated heterocycles. The van der Waals surface area contributed by atoms with Crippen LogP contribution in [-0.2, 0) is 13.1 Å². The number of thiophene rings is 1. The second kappa shape index (κ2) is 8.04. The van der Waals surface area contributed by atoms with Crippen LogP contribution in [-0.4, -0.2) is 16.0 Å². The molecule has 3 heterocycles. The molecule has 0 spiro atoms. The topological polar surface area (TPSA) is 59.5 Å². The fourth-order valence-electron chi connectivity index (χ4n) is 3.01. The number of aromatic nitrogens is 1. The summed E-state index contributed by atoms with van der Waals surface area (Å²) in [5.74, 6) is 0.298. The van der Waals surface area contributed by atoms with E-state index >= 15 is 0 Å². The number of hydrogen-bond donors (Lipinski definition) is 0. The predicted molar refractivity (Wildman–Crippen MR) is 108 cm³/mol. The first-order valence-electron chi connectivity index (χ1n) is 8.67. The molecule has 4 aromatic rings. The Kier molecular flexibility index (Phi) is 5.32. The maximum atomic E-state index is 13.5. The quantitative estimate of drug-likeness (QED) is 0.401. The van der Waals surface area contributed by atoms with Crippen molar-refractivity contribution in [2.75, 3.05) is 0 Å². The van der Waals surface area contributed by atoms with Gasteiger partial charge in [0.15, 0.2) is 0 Å². The Balaban J connectivity index is 1.72. The summed E-state index contributed by atoms with van der Waals surface area (Å²) in [7, 11) is 0. The Hall–Kier alpha value is -2.83. The van der Waals surface area contributed by atoms with Gasteiger partial charge in [0.25, 0.3) is 5.91 Å². The van der Waals surface area contributed by atoms with Crippen molar-refractivity contribution in [2.45, 2.75) is 20.0 Å². The van der Waals surface area contributed by atoms with Crippen molar-refractivity contribution in [3.63, 3.8) is 0 Å². The molecular formula is C21H17ClN2O3S. The molecule has 3 aromatic heterocycles. The first kappa shape index (κ1) is 18.5. The van der Waals surface area contributed by atoms with Gasteiger partial charge in [0.1, 0.15) is 17.0 Å². The number of nitrogens with zero attached hydrogens (tertiary/aromatic N) is 2. The molecule has 142 valence electrons. The van der Waals surface area contributed by atoms with Crippen LogP contribution in [0.3, 0.4) is 0 Å². The molecule has 4 rings (SSSR count). The van der Waals surface area contributed by atoms with Crippen LogP contribution >= 0.6 is 22.9 Å². The number of aryl methyl sites for hydroxylation is 1. The molecule has 0 fully saturated rings. The van der Waals surface area contributed by atoms with Crippen molar-refractivity contribution in [3.05, 3.63) is 87.2 Å². The highest BCUT2D eigenvalue weighted by Crippen LogP contribution is 2.32. The largest absolute Gasteiger partial charge is 0.472 e. The van der Waals surface area contributed by atoms with E-state index in [9.17, 15) is 4.79 Å². The highest BCUT2D eigenvalue weighted by molar-refractivity contribution is 7.09. The molecule has 0 saturated carbocycles. The van der Waals surface area contributed by atoms with Gasteiger partial charge in [-0.25, -0.2) is 0 Å². The molecule has 1 amide bonds. The number of halogens is 1. The Morgan fingerprint density at radius 3 is 2.75 bits per heavy atom. The SMILES string of the molecule is Cc1onc(-c2ccccc2Cl)c1C(=O)N(Cc1ccoc1)Cc1cccs1. The summed E-state index contributed by atoms with van der Waals surface area (Å²) in [5, 5.41) is 6.64. The van der Waals surface area contributed by atoms with E-state index in [0.717, 1.165) is 10.4 Å². The molecule has 0 unspecified atom stereocenters. The monoisotopic (exact) mass is 412 g/mol. The van der Waals surface area contributed by atoms with E-state index in [1.807, 2.05) is 41.8 Å². The summed E-state index contributed by atoms with van der Waals surface area (Å²) >= 11 is 7.95. The first-order valence-corrected chi connectivity index (χ1v) is 9.93. The molecule has 0 aliphatic rings. The van der Waals surface area contributed by atoms with E-state index in [2.05, 4.69) is 5.16 Å². The maximum absolute atomic E-state index is 13.5. The summed E-state index contributed by atoms with van der Waals surface area (Å²) < 4.78 is 10.5. The Labute approximate surface area is 171 Å². The molecule has 0 bridgehead atoms. The minimum atomic E-state index is -0.164.